The topological polar surface area (TPSA) is 86.8 Å². The van der Waals surface area contributed by atoms with E-state index in [1.54, 1.807) is 0 Å². The van der Waals surface area contributed by atoms with E-state index in [0.717, 1.165) is 6.42 Å². The molecule has 0 fully saturated rings. The predicted octanol–water partition coefficient (Wildman–Crippen LogP) is 0.150. The molecule has 0 aliphatic heterocycles. The van der Waals surface area contributed by atoms with Gasteiger partial charge in [0.25, 0.3) is 0 Å². The quantitative estimate of drug-likeness (QED) is 0.136. The number of nitrogens with one attached hydrogen (secondary N) is 1. The summed E-state index contributed by atoms with van der Waals surface area (Å²) < 4.78 is 0. The molecule has 0 unspecified atom stereocenters. The number of nitrogens with zero attached hydrogens (tertiary/aromatic N) is 3. The normalized spacial score (nSPS) is 8.12. The van der Waals surface area contributed by atoms with Crippen LogP contribution in [0.4, 0.5) is 0 Å². The lowest BCUT2D eigenvalue weighted by atomic mass is 10.4. The third kappa shape index (κ3) is 5.23. The van der Waals surface area contributed by atoms with E-state index < -0.39 is 0 Å². The van der Waals surface area contributed by atoms with Crippen LogP contribution in [-0.2, 0) is 0 Å². The van der Waals surface area contributed by atoms with E-state index in [2.05, 4.69) is 15.5 Å². The van der Waals surface area contributed by atoms with Gasteiger partial charge in [-0.3, -0.25) is 11.3 Å². The monoisotopic (exact) mass is 115 g/mol. The Balaban J connectivity index is 2.82. The van der Waals surface area contributed by atoms with Gasteiger partial charge in [0, 0.05) is 18.0 Å². The molecule has 0 amide bonds. The van der Waals surface area contributed by atoms with Crippen LogP contribution in [-0.4, -0.2) is 13.1 Å². The van der Waals surface area contributed by atoms with Gasteiger partial charge in [-0.15, -0.1) is 0 Å². The summed E-state index contributed by atoms with van der Waals surface area (Å²) in [6.07, 6.45) is 0.792. The van der Waals surface area contributed by atoms with Crippen molar-refractivity contribution in [3.8, 4) is 0 Å². The number of rotatable bonds is 4. The number of azide groups is 1. The molecule has 0 rings (SSSR count). The second-order valence-corrected chi connectivity index (χ2v) is 1.26. The summed E-state index contributed by atoms with van der Waals surface area (Å²) in [5, 5.41) is 3.29. The van der Waals surface area contributed by atoms with Crippen molar-refractivity contribution in [1.29, 1.82) is 0 Å². The summed E-state index contributed by atoms with van der Waals surface area (Å²) in [5.74, 6) is 4.93. The van der Waals surface area contributed by atoms with Crippen LogP contribution >= 0.6 is 0 Å². The number of nitrogens with two attached hydrogens (primary N) is 1. The van der Waals surface area contributed by atoms with Crippen LogP contribution in [0.2, 0.25) is 0 Å². The van der Waals surface area contributed by atoms with Crippen LogP contribution in [0.5, 0.6) is 0 Å². The number of hydrogen-bond acceptors (Lipinski definition) is 3. The fourth-order valence-corrected chi connectivity index (χ4v) is 0.297. The van der Waals surface area contributed by atoms with Gasteiger partial charge in [0.15, 0.2) is 0 Å². The molecule has 0 aliphatic carbocycles. The van der Waals surface area contributed by atoms with Gasteiger partial charge in [0.1, 0.15) is 0 Å². The SMILES string of the molecule is [N-]=[N+]=NCCCNN. The van der Waals surface area contributed by atoms with Crippen molar-refractivity contribution in [3.63, 3.8) is 0 Å². The van der Waals surface area contributed by atoms with E-state index in [-0.39, 0.29) is 0 Å². The Morgan fingerprint density at radius 3 is 3.00 bits per heavy atom. The second kappa shape index (κ2) is 6.23. The summed E-state index contributed by atoms with van der Waals surface area (Å²) in [5.41, 5.74) is 10.2. The lowest BCUT2D eigenvalue weighted by molar-refractivity contribution is 0.685. The van der Waals surface area contributed by atoms with Gasteiger partial charge in [-0.2, -0.15) is 0 Å². The van der Waals surface area contributed by atoms with Crippen LogP contribution in [0.3, 0.4) is 0 Å². The molecule has 0 aromatic carbocycles. The molecule has 0 atom stereocenters. The molecule has 0 aliphatic rings. The van der Waals surface area contributed by atoms with Crippen LogP contribution < -0.4 is 11.3 Å². The first-order valence-corrected chi connectivity index (χ1v) is 2.36. The summed E-state index contributed by atoms with van der Waals surface area (Å²) in [4.78, 5) is 2.56. The van der Waals surface area contributed by atoms with Crippen molar-refractivity contribution in [2.45, 2.75) is 6.42 Å². The number of hydrazine groups is 1. The smallest absolute Gasteiger partial charge is 0.0270 e. The molecule has 0 heterocycles. The molecule has 8 heavy (non-hydrogen) atoms. The van der Waals surface area contributed by atoms with E-state index in [9.17, 15) is 0 Å². The molecule has 0 radical (unpaired) electrons. The minimum atomic E-state index is 0.515. The molecule has 0 bridgehead atoms. The molecular formula is C3H9N5. The highest BCUT2D eigenvalue weighted by Gasteiger charge is 1.78. The van der Waals surface area contributed by atoms with Crippen molar-refractivity contribution >= 4 is 0 Å². The van der Waals surface area contributed by atoms with Crippen LogP contribution in [0.1, 0.15) is 6.42 Å². The molecule has 0 saturated carbocycles. The highest BCUT2D eigenvalue weighted by atomic mass is 15.2. The largest absolute Gasteiger partial charge is 0.271 e. The zero-order valence-electron chi connectivity index (χ0n) is 4.54. The zero-order chi connectivity index (χ0) is 6.24. The van der Waals surface area contributed by atoms with Crippen LogP contribution in [0.15, 0.2) is 5.11 Å². The van der Waals surface area contributed by atoms with Gasteiger partial charge in [0.05, 0.1) is 0 Å². The Bertz CT molecular complexity index is 83.7. The Hall–Kier alpha value is -0.770. The van der Waals surface area contributed by atoms with Crippen LogP contribution in [0, 0.1) is 0 Å². The Labute approximate surface area is 47.5 Å². The summed E-state index contributed by atoms with van der Waals surface area (Å²) in [7, 11) is 0. The second-order valence-electron chi connectivity index (χ2n) is 1.26. The Morgan fingerprint density at radius 2 is 2.50 bits per heavy atom. The highest BCUT2D eigenvalue weighted by molar-refractivity contribution is 4.46. The van der Waals surface area contributed by atoms with E-state index in [0.29, 0.717) is 13.1 Å². The van der Waals surface area contributed by atoms with Gasteiger partial charge >= 0.3 is 0 Å². The standard InChI is InChI=1S/C3H9N5/c4-6-2-1-3-7-8-5/h6H,1-4H2. The molecule has 0 aromatic heterocycles. The van der Waals surface area contributed by atoms with E-state index in [1.807, 2.05) is 0 Å². The molecule has 0 aromatic rings. The number of hydrogen-bond donors (Lipinski definition) is 2. The summed E-state index contributed by atoms with van der Waals surface area (Å²) >= 11 is 0. The van der Waals surface area contributed by atoms with Gasteiger partial charge in [-0.25, -0.2) is 0 Å². The summed E-state index contributed by atoms with van der Waals surface area (Å²) in [6, 6.07) is 0. The van der Waals surface area contributed by atoms with E-state index in [1.165, 1.54) is 0 Å². The molecule has 5 heteroatoms. The predicted molar refractivity (Wildman–Crippen MR) is 30.8 cm³/mol. The highest BCUT2D eigenvalue weighted by Crippen LogP contribution is 1.76. The third-order valence-electron chi connectivity index (χ3n) is 0.642. The fourth-order valence-electron chi connectivity index (χ4n) is 0.297. The van der Waals surface area contributed by atoms with Crippen LogP contribution in [0.25, 0.3) is 10.4 Å². The van der Waals surface area contributed by atoms with Crippen molar-refractivity contribution in [2.75, 3.05) is 13.1 Å². The minimum absolute atomic E-state index is 0.515. The first-order valence-electron chi connectivity index (χ1n) is 2.36. The average molecular weight is 115 g/mol. The van der Waals surface area contributed by atoms with Gasteiger partial charge in [-0.1, -0.05) is 5.11 Å². The molecule has 46 valence electrons. The minimum Gasteiger partial charge on any atom is -0.271 e. The average Bonchev–Trinajstić information content (AvgIpc) is 1.81. The maximum absolute atomic E-state index is 7.77. The van der Waals surface area contributed by atoms with Gasteiger partial charge in [0.2, 0.25) is 0 Å². The molecule has 3 N–H and O–H groups in total. The molecular weight excluding hydrogens is 106 g/mol. The molecule has 0 saturated heterocycles. The van der Waals surface area contributed by atoms with Gasteiger partial charge < -0.3 is 0 Å². The maximum Gasteiger partial charge on any atom is 0.0270 e. The van der Waals surface area contributed by atoms with Gasteiger partial charge in [-0.05, 0) is 12.0 Å². The Morgan fingerprint density at radius 1 is 1.75 bits per heavy atom. The lowest BCUT2D eigenvalue weighted by Crippen LogP contribution is -2.23. The molecule has 0 spiro atoms. The van der Waals surface area contributed by atoms with Crippen molar-refractivity contribution in [1.82, 2.24) is 5.43 Å². The van der Waals surface area contributed by atoms with Crippen molar-refractivity contribution in [3.05, 3.63) is 10.4 Å². The summed E-state index contributed by atoms with van der Waals surface area (Å²) in [6.45, 7) is 1.21. The first-order chi connectivity index (χ1) is 3.91. The third-order valence-corrected chi connectivity index (χ3v) is 0.642. The van der Waals surface area contributed by atoms with Crippen molar-refractivity contribution in [2.24, 2.45) is 11.0 Å². The molecule has 5 nitrogen and oxygen atoms in total. The van der Waals surface area contributed by atoms with Crippen molar-refractivity contribution < 1.29 is 0 Å². The maximum atomic E-state index is 7.77. The Kier molecular flexibility index (Phi) is 5.63. The first kappa shape index (κ1) is 7.23. The van der Waals surface area contributed by atoms with E-state index in [4.69, 9.17) is 11.4 Å². The lowest BCUT2D eigenvalue weighted by Gasteiger charge is -1.90. The zero-order valence-corrected chi connectivity index (χ0v) is 4.54. The van der Waals surface area contributed by atoms with E-state index >= 15 is 0 Å². The fraction of sp³-hybridized carbons (Fsp3) is 1.00.